The molecule has 216 valence electrons. The highest BCUT2D eigenvalue weighted by atomic mass is 35.5. The summed E-state index contributed by atoms with van der Waals surface area (Å²) in [5.74, 6) is 1.18. The summed E-state index contributed by atoms with van der Waals surface area (Å²) in [4.78, 5) is 38.5. The van der Waals surface area contributed by atoms with Gasteiger partial charge < -0.3 is 20.1 Å². The van der Waals surface area contributed by atoms with E-state index in [-0.39, 0.29) is 40.7 Å². The van der Waals surface area contributed by atoms with Gasteiger partial charge >= 0.3 is 6.03 Å². The summed E-state index contributed by atoms with van der Waals surface area (Å²) in [5.41, 5.74) is 3.01. The number of hydrogen-bond donors (Lipinski definition) is 2. The number of anilines is 5. The number of halogens is 2. The minimum atomic E-state index is -0.397. The smallest absolute Gasteiger partial charge is 0.330 e. The maximum atomic E-state index is 14.2. The van der Waals surface area contributed by atoms with Crippen molar-refractivity contribution >= 4 is 64.0 Å². The number of benzene rings is 3. The minimum Gasteiger partial charge on any atom is -0.495 e. The molecular formula is C30H28Cl2N6O4. The molecule has 0 spiro atoms. The largest absolute Gasteiger partial charge is 0.495 e. The van der Waals surface area contributed by atoms with E-state index in [2.05, 4.69) is 15.6 Å². The highest BCUT2D eigenvalue weighted by Crippen LogP contribution is 2.48. The Balaban J connectivity index is 1.58. The van der Waals surface area contributed by atoms with Crippen LogP contribution in [-0.2, 0) is 17.9 Å². The van der Waals surface area contributed by atoms with E-state index in [1.54, 1.807) is 30.2 Å². The van der Waals surface area contributed by atoms with Gasteiger partial charge in [0.05, 0.1) is 44.4 Å². The number of fused-ring (bicyclic) bond motifs is 1. The molecule has 12 heteroatoms. The first-order valence-corrected chi connectivity index (χ1v) is 13.8. The standard InChI is InChI=1S/C30H28Cl2N6O4/c1-4-24(39)34-20-12-8-9-13-21(20)35-29-33-15-19-17-37(27-25(31)22(41-2)14-23(42-3)26(27)32)30(40)38(28(19)36-29)16-18-10-6-5-7-11-18/h5-15H,4,16-17H2,1-3H3,(H,34,39)(H,33,35,36). The van der Waals surface area contributed by atoms with Gasteiger partial charge in [0.15, 0.2) is 0 Å². The Labute approximate surface area is 253 Å². The van der Waals surface area contributed by atoms with Crippen LogP contribution in [0.3, 0.4) is 0 Å². The topological polar surface area (TPSA) is 109 Å². The van der Waals surface area contributed by atoms with Crippen LogP contribution in [0.1, 0.15) is 24.5 Å². The molecule has 3 aromatic carbocycles. The second-order valence-corrected chi connectivity index (χ2v) is 10.1. The van der Waals surface area contributed by atoms with Gasteiger partial charge in [-0.05, 0) is 17.7 Å². The summed E-state index contributed by atoms with van der Waals surface area (Å²) >= 11 is 13.4. The second kappa shape index (κ2) is 12.5. The van der Waals surface area contributed by atoms with Gasteiger partial charge in [-0.2, -0.15) is 4.98 Å². The number of ether oxygens (including phenoxy) is 2. The van der Waals surface area contributed by atoms with Crippen molar-refractivity contribution in [2.24, 2.45) is 0 Å². The van der Waals surface area contributed by atoms with Crippen molar-refractivity contribution in [3.05, 3.63) is 88.0 Å². The van der Waals surface area contributed by atoms with Gasteiger partial charge in [0, 0.05) is 24.2 Å². The summed E-state index contributed by atoms with van der Waals surface area (Å²) in [6.07, 6.45) is 1.98. The maximum Gasteiger partial charge on any atom is 0.330 e. The zero-order chi connectivity index (χ0) is 29.8. The lowest BCUT2D eigenvalue weighted by Crippen LogP contribution is -2.47. The fourth-order valence-electron chi connectivity index (χ4n) is 4.53. The Morgan fingerprint density at radius 2 is 1.62 bits per heavy atom. The van der Waals surface area contributed by atoms with Crippen LogP contribution in [0.15, 0.2) is 66.9 Å². The third-order valence-electron chi connectivity index (χ3n) is 6.66. The number of carbonyl (C=O) groups is 2. The molecule has 10 nitrogen and oxygen atoms in total. The van der Waals surface area contributed by atoms with Crippen LogP contribution in [0.4, 0.5) is 33.6 Å². The van der Waals surface area contributed by atoms with Gasteiger partial charge in [0.2, 0.25) is 11.9 Å². The Bertz CT molecular complexity index is 1610. The number of carbonyl (C=O) groups excluding carboxylic acids is 2. The van der Waals surface area contributed by atoms with Crippen molar-refractivity contribution in [2.75, 3.05) is 34.7 Å². The number of nitrogens with one attached hydrogen (secondary N) is 2. The number of amides is 3. The number of hydrogen-bond acceptors (Lipinski definition) is 7. The summed E-state index contributed by atoms with van der Waals surface area (Å²) in [5, 5.41) is 6.39. The molecule has 0 unspecified atom stereocenters. The predicted octanol–water partition coefficient (Wildman–Crippen LogP) is 7.04. The molecule has 0 aliphatic carbocycles. The number of aromatic nitrogens is 2. The van der Waals surface area contributed by atoms with Crippen LogP contribution in [0.2, 0.25) is 10.0 Å². The molecule has 0 bridgehead atoms. The Morgan fingerprint density at radius 1 is 0.976 bits per heavy atom. The van der Waals surface area contributed by atoms with Crippen molar-refractivity contribution in [1.82, 2.24) is 9.97 Å². The monoisotopic (exact) mass is 606 g/mol. The molecule has 0 fully saturated rings. The Morgan fingerprint density at radius 3 is 2.26 bits per heavy atom. The molecule has 0 radical (unpaired) electrons. The normalized spacial score (nSPS) is 12.5. The number of para-hydroxylation sites is 2. The summed E-state index contributed by atoms with van der Waals surface area (Å²) in [6, 6.07) is 18.0. The molecule has 0 saturated heterocycles. The van der Waals surface area contributed by atoms with E-state index in [1.807, 2.05) is 48.5 Å². The van der Waals surface area contributed by atoms with Crippen molar-refractivity contribution in [2.45, 2.75) is 26.4 Å². The van der Waals surface area contributed by atoms with Crippen LogP contribution in [0.25, 0.3) is 0 Å². The van der Waals surface area contributed by atoms with E-state index >= 15 is 0 Å². The first-order valence-electron chi connectivity index (χ1n) is 13.1. The van der Waals surface area contributed by atoms with Crippen molar-refractivity contribution in [3.8, 4) is 11.5 Å². The number of methoxy groups -OCH3 is 2. The van der Waals surface area contributed by atoms with Crippen molar-refractivity contribution in [3.63, 3.8) is 0 Å². The molecule has 1 aromatic heterocycles. The predicted molar refractivity (Wildman–Crippen MR) is 164 cm³/mol. The van der Waals surface area contributed by atoms with Crippen LogP contribution >= 0.6 is 23.2 Å². The molecule has 42 heavy (non-hydrogen) atoms. The highest BCUT2D eigenvalue weighted by molar-refractivity contribution is 6.42. The average Bonchev–Trinajstić information content (AvgIpc) is 3.01. The lowest BCUT2D eigenvalue weighted by molar-refractivity contribution is -0.115. The SMILES string of the molecule is CCC(=O)Nc1ccccc1Nc1ncc2c(n1)N(Cc1ccccc1)C(=O)N(c1c(Cl)c(OC)cc(OC)c1Cl)C2. The first-order chi connectivity index (χ1) is 20.3. The third-order valence-corrected chi connectivity index (χ3v) is 7.39. The van der Waals surface area contributed by atoms with E-state index < -0.39 is 6.03 Å². The molecule has 2 heterocycles. The van der Waals surface area contributed by atoms with Crippen LogP contribution in [0, 0.1) is 0 Å². The molecule has 0 saturated carbocycles. The van der Waals surface area contributed by atoms with Crippen molar-refractivity contribution in [1.29, 1.82) is 0 Å². The van der Waals surface area contributed by atoms with Gasteiger partial charge in [-0.1, -0.05) is 72.6 Å². The molecule has 4 aromatic rings. The minimum absolute atomic E-state index is 0.0959. The molecule has 2 N–H and O–H groups in total. The molecule has 1 aliphatic rings. The number of urea groups is 1. The van der Waals surface area contributed by atoms with Crippen molar-refractivity contribution < 1.29 is 19.1 Å². The number of nitrogens with zero attached hydrogens (tertiary/aromatic N) is 4. The number of rotatable bonds is 9. The van der Waals surface area contributed by atoms with Gasteiger partial charge in [0.1, 0.15) is 27.4 Å². The Kier molecular flexibility index (Phi) is 8.65. The average molecular weight is 607 g/mol. The lowest BCUT2D eigenvalue weighted by atomic mass is 10.1. The van der Waals surface area contributed by atoms with E-state index in [0.717, 1.165) is 5.56 Å². The Hall–Kier alpha value is -4.54. The van der Waals surface area contributed by atoms with E-state index in [0.29, 0.717) is 40.7 Å². The van der Waals surface area contributed by atoms with Crippen LogP contribution < -0.4 is 29.9 Å². The van der Waals surface area contributed by atoms with Crippen LogP contribution in [0.5, 0.6) is 11.5 Å². The van der Waals surface area contributed by atoms with Gasteiger partial charge in [0.25, 0.3) is 0 Å². The lowest BCUT2D eigenvalue weighted by Gasteiger charge is -2.37. The molecule has 3 amide bonds. The first kappa shape index (κ1) is 29.0. The zero-order valence-corrected chi connectivity index (χ0v) is 24.7. The summed E-state index contributed by atoms with van der Waals surface area (Å²) < 4.78 is 10.9. The van der Waals surface area contributed by atoms with E-state index in [9.17, 15) is 9.59 Å². The quantitative estimate of drug-likeness (QED) is 0.210. The molecule has 0 atom stereocenters. The molecule has 1 aliphatic heterocycles. The van der Waals surface area contributed by atoms with Gasteiger partial charge in [-0.3, -0.25) is 14.6 Å². The van der Waals surface area contributed by atoms with E-state index in [1.165, 1.54) is 19.1 Å². The van der Waals surface area contributed by atoms with Gasteiger partial charge in [-0.15, -0.1) is 0 Å². The fourth-order valence-corrected chi connectivity index (χ4v) is 5.24. The maximum absolute atomic E-state index is 14.2. The fraction of sp³-hybridized carbons (Fsp3) is 0.200. The molecular weight excluding hydrogens is 579 g/mol. The van der Waals surface area contributed by atoms with Gasteiger partial charge in [-0.25, -0.2) is 9.78 Å². The molecule has 5 rings (SSSR count). The van der Waals surface area contributed by atoms with Crippen LogP contribution in [-0.4, -0.2) is 36.1 Å². The summed E-state index contributed by atoms with van der Waals surface area (Å²) in [7, 11) is 2.95. The second-order valence-electron chi connectivity index (χ2n) is 9.31. The zero-order valence-electron chi connectivity index (χ0n) is 23.1. The summed E-state index contributed by atoms with van der Waals surface area (Å²) in [6.45, 7) is 2.10. The van der Waals surface area contributed by atoms with E-state index in [4.69, 9.17) is 37.7 Å². The highest BCUT2D eigenvalue weighted by Gasteiger charge is 2.36. The third kappa shape index (κ3) is 5.77.